The summed E-state index contributed by atoms with van der Waals surface area (Å²) < 4.78 is 0. The summed E-state index contributed by atoms with van der Waals surface area (Å²) in [6.07, 6.45) is 3.27. The molecule has 1 aromatic rings. The molecule has 3 heteroatoms. The van der Waals surface area contributed by atoms with E-state index in [0.29, 0.717) is 16.8 Å². The van der Waals surface area contributed by atoms with Crippen LogP contribution in [0.25, 0.3) is 6.08 Å². The number of anilines is 1. The van der Waals surface area contributed by atoms with Crippen LogP contribution in [0.2, 0.25) is 0 Å². The molecule has 0 saturated carbocycles. The molecule has 0 spiro atoms. The van der Waals surface area contributed by atoms with Crippen molar-refractivity contribution in [2.24, 2.45) is 0 Å². The third-order valence-corrected chi connectivity index (χ3v) is 2.60. The third kappa shape index (κ3) is 2.04. The molecule has 0 heterocycles. The van der Waals surface area contributed by atoms with Crippen LogP contribution < -0.4 is 4.90 Å². The third-order valence-electron chi connectivity index (χ3n) is 2.60. The highest BCUT2D eigenvalue weighted by Gasteiger charge is 2.16. The van der Waals surface area contributed by atoms with Crippen LogP contribution >= 0.6 is 0 Å². The number of benzene rings is 1. The lowest BCUT2D eigenvalue weighted by atomic mass is 9.96. The molecule has 1 rings (SSSR count). The van der Waals surface area contributed by atoms with E-state index in [9.17, 15) is 5.26 Å². The molecule has 1 aromatic carbocycles. The number of hydrogen-bond donors (Lipinski definition) is 0. The van der Waals surface area contributed by atoms with Gasteiger partial charge in [-0.2, -0.15) is 10.5 Å². The summed E-state index contributed by atoms with van der Waals surface area (Å²) in [5, 5.41) is 18.3. The molecule has 84 valence electrons. The van der Waals surface area contributed by atoms with Crippen LogP contribution in [0.1, 0.15) is 22.3 Å². The summed E-state index contributed by atoms with van der Waals surface area (Å²) in [5.74, 6) is 0. The van der Waals surface area contributed by atoms with Crippen LogP contribution in [-0.4, -0.2) is 7.05 Å². The normalized spacial score (nSPS) is 8.94. The van der Waals surface area contributed by atoms with Crippen molar-refractivity contribution >= 4 is 11.8 Å². The average Bonchev–Trinajstić information content (AvgIpc) is 2.36. The van der Waals surface area contributed by atoms with E-state index in [1.54, 1.807) is 24.2 Å². The fraction of sp³-hybridized carbons (Fsp3) is 0.143. The zero-order valence-electron chi connectivity index (χ0n) is 9.99. The van der Waals surface area contributed by atoms with Gasteiger partial charge in [0.25, 0.3) is 0 Å². The Labute approximate surface area is 102 Å². The first-order valence-corrected chi connectivity index (χ1v) is 5.06. The van der Waals surface area contributed by atoms with Gasteiger partial charge in [-0.1, -0.05) is 19.2 Å². The van der Waals surface area contributed by atoms with E-state index in [0.717, 1.165) is 11.1 Å². The Balaban J connectivity index is 3.78. The summed E-state index contributed by atoms with van der Waals surface area (Å²) in [4.78, 5) is 1.72. The van der Waals surface area contributed by atoms with Crippen LogP contribution in [-0.2, 0) is 0 Å². The fourth-order valence-electron chi connectivity index (χ4n) is 1.71. The van der Waals surface area contributed by atoms with Crippen molar-refractivity contribution in [2.45, 2.75) is 6.92 Å². The first kappa shape index (κ1) is 12.5. The summed E-state index contributed by atoms with van der Waals surface area (Å²) in [6, 6.07) is 6.00. The maximum Gasteiger partial charge on any atom is 0.103 e. The van der Waals surface area contributed by atoms with Gasteiger partial charge in [-0.15, -0.1) is 0 Å². The number of nitrogens with zero attached hydrogens (tertiary/aromatic N) is 3. The van der Waals surface area contributed by atoms with Gasteiger partial charge < -0.3 is 4.90 Å². The molecule has 17 heavy (non-hydrogen) atoms. The molecule has 0 fully saturated rings. The van der Waals surface area contributed by atoms with Gasteiger partial charge in [0.1, 0.15) is 12.1 Å². The van der Waals surface area contributed by atoms with Crippen molar-refractivity contribution in [1.82, 2.24) is 0 Å². The highest BCUT2D eigenvalue weighted by molar-refractivity contribution is 5.78. The number of rotatable bonds is 3. The van der Waals surface area contributed by atoms with Crippen LogP contribution in [0.5, 0.6) is 0 Å². The van der Waals surface area contributed by atoms with Crippen LogP contribution in [0.15, 0.2) is 25.4 Å². The van der Waals surface area contributed by atoms with E-state index in [4.69, 9.17) is 5.26 Å². The Bertz CT molecular complexity index is 556. The van der Waals surface area contributed by atoms with Crippen molar-refractivity contribution in [3.8, 4) is 12.1 Å². The molecule has 0 aromatic heterocycles. The lowest BCUT2D eigenvalue weighted by Gasteiger charge is -2.20. The molecular formula is C14H13N3. The van der Waals surface area contributed by atoms with E-state index in [1.807, 2.05) is 13.0 Å². The number of hydrogen-bond acceptors (Lipinski definition) is 3. The van der Waals surface area contributed by atoms with Gasteiger partial charge in [0, 0.05) is 7.05 Å². The van der Waals surface area contributed by atoms with Crippen molar-refractivity contribution in [3.63, 3.8) is 0 Å². The Morgan fingerprint density at radius 3 is 2.24 bits per heavy atom. The maximum atomic E-state index is 9.22. The average molecular weight is 223 g/mol. The molecule has 0 unspecified atom stereocenters. The summed E-state index contributed by atoms with van der Waals surface area (Å²) in [6.45, 7) is 9.20. The second-order valence-electron chi connectivity index (χ2n) is 3.60. The molecule has 0 N–H and O–H groups in total. The van der Waals surface area contributed by atoms with Crippen LogP contribution in [0, 0.1) is 29.6 Å². The molecule has 3 nitrogen and oxygen atoms in total. The second-order valence-corrected chi connectivity index (χ2v) is 3.60. The first-order valence-electron chi connectivity index (χ1n) is 5.06. The van der Waals surface area contributed by atoms with E-state index < -0.39 is 0 Å². The van der Waals surface area contributed by atoms with E-state index in [1.165, 1.54) is 0 Å². The second kappa shape index (κ2) is 5.01. The topological polar surface area (TPSA) is 50.8 Å². The predicted octanol–water partition coefficient (Wildman–Crippen LogP) is 2.96. The van der Waals surface area contributed by atoms with Crippen molar-refractivity contribution < 1.29 is 0 Å². The summed E-state index contributed by atoms with van der Waals surface area (Å²) >= 11 is 0. The van der Waals surface area contributed by atoms with Crippen molar-refractivity contribution in [2.75, 3.05) is 11.9 Å². The van der Waals surface area contributed by atoms with E-state index in [-0.39, 0.29) is 0 Å². The standard InChI is InChI=1S/C14H13N3/c1-5-11-7-10(3)12(8-15)13(9-16)14(11)17(4)6-2/h5-7H,1-2H2,3-4H3. The molecule has 0 radical (unpaired) electrons. The van der Waals surface area contributed by atoms with Gasteiger partial charge in [-0.3, -0.25) is 0 Å². The Morgan fingerprint density at radius 1 is 1.24 bits per heavy atom. The minimum atomic E-state index is 0.366. The van der Waals surface area contributed by atoms with Gasteiger partial charge in [-0.25, -0.2) is 0 Å². The number of nitriles is 2. The lowest BCUT2D eigenvalue weighted by molar-refractivity contribution is 1.18. The predicted molar refractivity (Wildman–Crippen MR) is 69.3 cm³/mol. The molecule has 0 bridgehead atoms. The minimum Gasteiger partial charge on any atom is -0.350 e. The smallest absolute Gasteiger partial charge is 0.103 e. The highest BCUT2D eigenvalue weighted by Crippen LogP contribution is 2.30. The molecule has 0 saturated heterocycles. The quantitative estimate of drug-likeness (QED) is 0.791. The molecule has 0 aliphatic carbocycles. The van der Waals surface area contributed by atoms with Gasteiger partial charge >= 0.3 is 0 Å². The molecule has 0 atom stereocenters. The van der Waals surface area contributed by atoms with Gasteiger partial charge in [0.15, 0.2) is 0 Å². The Kier molecular flexibility index (Phi) is 3.70. The van der Waals surface area contributed by atoms with Crippen LogP contribution in [0.3, 0.4) is 0 Å². The first-order chi connectivity index (χ1) is 8.10. The molecule has 0 aliphatic heterocycles. The fourth-order valence-corrected chi connectivity index (χ4v) is 1.71. The van der Waals surface area contributed by atoms with Crippen molar-refractivity contribution in [3.05, 3.63) is 47.7 Å². The maximum absolute atomic E-state index is 9.22. The molecule has 0 aliphatic rings. The molecule has 0 amide bonds. The zero-order chi connectivity index (χ0) is 13.0. The van der Waals surface area contributed by atoms with E-state index >= 15 is 0 Å². The Morgan fingerprint density at radius 2 is 1.82 bits per heavy atom. The van der Waals surface area contributed by atoms with E-state index in [2.05, 4.69) is 25.3 Å². The lowest BCUT2D eigenvalue weighted by Crippen LogP contribution is -2.12. The van der Waals surface area contributed by atoms with Gasteiger partial charge in [0.2, 0.25) is 0 Å². The summed E-state index contributed by atoms with van der Waals surface area (Å²) in [7, 11) is 1.78. The number of aryl methyl sites for hydroxylation is 1. The summed E-state index contributed by atoms with van der Waals surface area (Å²) in [5.41, 5.74) is 3.03. The zero-order valence-corrected chi connectivity index (χ0v) is 9.99. The van der Waals surface area contributed by atoms with Gasteiger partial charge in [0.05, 0.1) is 16.8 Å². The highest BCUT2D eigenvalue weighted by atomic mass is 15.1. The largest absolute Gasteiger partial charge is 0.350 e. The Hall–Kier alpha value is -2.52. The monoisotopic (exact) mass is 223 g/mol. The van der Waals surface area contributed by atoms with Crippen molar-refractivity contribution in [1.29, 1.82) is 10.5 Å². The minimum absolute atomic E-state index is 0.366. The van der Waals surface area contributed by atoms with Gasteiger partial charge in [-0.05, 0) is 30.3 Å². The SMILES string of the molecule is C=Cc1cc(C)c(C#N)c(C#N)c1N(C)C=C. The molecular weight excluding hydrogens is 210 g/mol. The van der Waals surface area contributed by atoms with Crippen LogP contribution in [0.4, 0.5) is 5.69 Å².